The molecule has 132 valence electrons. The number of benzene rings is 1. The molecule has 2 aromatic heterocycles. The van der Waals surface area contributed by atoms with Gasteiger partial charge in [0.15, 0.2) is 18.1 Å². The van der Waals surface area contributed by atoms with Gasteiger partial charge in [-0.25, -0.2) is 9.67 Å². The number of pyridine rings is 1. The number of alkyl halides is 3. The summed E-state index contributed by atoms with van der Waals surface area (Å²) in [6.45, 7) is -0.101. The second-order valence-corrected chi connectivity index (χ2v) is 5.56. The molecule has 0 fully saturated rings. The number of nitrogens with one attached hydrogen (secondary N) is 1. The lowest BCUT2D eigenvalue weighted by Crippen LogP contribution is -2.25. The van der Waals surface area contributed by atoms with Gasteiger partial charge in [-0.3, -0.25) is 4.79 Å². The molecule has 1 aromatic carbocycles. The van der Waals surface area contributed by atoms with Crippen LogP contribution in [0.25, 0.3) is 17.1 Å². The van der Waals surface area contributed by atoms with Crippen molar-refractivity contribution in [3.63, 3.8) is 0 Å². The van der Waals surface area contributed by atoms with E-state index in [1.807, 2.05) is 0 Å². The maximum Gasteiger partial charge on any atom is 0.435 e. The van der Waals surface area contributed by atoms with Crippen LogP contribution in [0.5, 0.6) is 5.75 Å². The van der Waals surface area contributed by atoms with E-state index in [1.165, 1.54) is 6.20 Å². The molecule has 3 heterocycles. The van der Waals surface area contributed by atoms with Crippen LogP contribution in [0, 0.1) is 0 Å². The van der Waals surface area contributed by atoms with Crippen molar-refractivity contribution in [3.05, 3.63) is 54.4 Å². The first-order chi connectivity index (χ1) is 12.4. The summed E-state index contributed by atoms with van der Waals surface area (Å²) in [5.41, 5.74) is -0.0147. The second kappa shape index (κ2) is 5.87. The summed E-state index contributed by atoms with van der Waals surface area (Å²) < 4.78 is 45.9. The number of halogens is 3. The van der Waals surface area contributed by atoms with Gasteiger partial charge in [0, 0.05) is 11.8 Å². The molecule has 4 rings (SSSR count). The third-order valence-electron chi connectivity index (χ3n) is 3.77. The molecule has 0 saturated heterocycles. The van der Waals surface area contributed by atoms with Crippen LogP contribution >= 0.6 is 0 Å². The highest BCUT2D eigenvalue weighted by Gasteiger charge is 2.35. The van der Waals surface area contributed by atoms with Gasteiger partial charge in [-0.15, -0.1) is 0 Å². The van der Waals surface area contributed by atoms with Crippen LogP contribution in [-0.2, 0) is 11.0 Å². The summed E-state index contributed by atoms with van der Waals surface area (Å²) in [6.07, 6.45) is -3.13. The molecule has 0 spiro atoms. The van der Waals surface area contributed by atoms with Crippen LogP contribution in [0.15, 0.2) is 48.7 Å². The first kappa shape index (κ1) is 16.1. The lowest BCUT2D eigenvalue weighted by molar-refractivity contribution is -0.141. The Hall–Kier alpha value is -3.36. The van der Waals surface area contributed by atoms with Crippen LogP contribution in [0.4, 0.5) is 18.9 Å². The van der Waals surface area contributed by atoms with Crippen molar-refractivity contribution < 1.29 is 22.7 Å². The van der Waals surface area contributed by atoms with E-state index >= 15 is 0 Å². The number of rotatable bonds is 2. The SMILES string of the molecule is O=C1COc2ccc(-c3cc(C(F)(F)F)nn3-c3ccccn3)cc2N1. The number of fused-ring (bicyclic) bond motifs is 1. The molecule has 9 heteroatoms. The van der Waals surface area contributed by atoms with Crippen LogP contribution in [0.2, 0.25) is 0 Å². The van der Waals surface area contributed by atoms with E-state index in [0.29, 0.717) is 17.0 Å². The Morgan fingerprint density at radius 1 is 1.15 bits per heavy atom. The van der Waals surface area contributed by atoms with Crippen LogP contribution in [0.1, 0.15) is 5.69 Å². The standard InChI is InChI=1S/C17H11F3N4O2/c18-17(19,20)14-8-12(24(23-14)15-3-1-2-6-21-15)10-4-5-13-11(7-10)22-16(25)9-26-13/h1-8H,9H2,(H,22,25). The average Bonchev–Trinajstić information content (AvgIpc) is 3.07. The van der Waals surface area contributed by atoms with E-state index in [-0.39, 0.29) is 24.0 Å². The molecule has 1 amide bonds. The molecule has 0 aliphatic carbocycles. The van der Waals surface area contributed by atoms with Crippen molar-refractivity contribution in [2.75, 3.05) is 11.9 Å². The van der Waals surface area contributed by atoms with Crippen molar-refractivity contribution in [3.8, 4) is 22.8 Å². The van der Waals surface area contributed by atoms with Crippen LogP contribution < -0.4 is 10.1 Å². The first-order valence-electron chi connectivity index (χ1n) is 7.57. The van der Waals surface area contributed by atoms with E-state index in [0.717, 1.165) is 10.7 Å². The molecule has 0 bridgehead atoms. The van der Waals surface area contributed by atoms with Gasteiger partial charge in [0.1, 0.15) is 5.75 Å². The van der Waals surface area contributed by atoms with Gasteiger partial charge in [0.2, 0.25) is 0 Å². The summed E-state index contributed by atoms with van der Waals surface area (Å²) in [7, 11) is 0. The minimum absolute atomic E-state index is 0.101. The molecule has 6 nitrogen and oxygen atoms in total. The molecule has 0 saturated carbocycles. The quantitative estimate of drug-likeness (QED) is 0.762. The third-order valence-corrected chi connectivity index (χ3v) is 3.77. The number of hydrogen-bond acceptors (Lipinski definition) is 4. The Morgan fingerprint density at radius 2 is 2.00 bits per heavy atom. The van der Waals surface area contributed by atoms with Crippen molar-refractivity contribution in [1.82, 2.24) is 14.8 Å². The van der Waals surface area contributed by atoms with E-state index < -0.39 is 11.9 Å². The van der Waals surface area contributed by atoms with Gasteiger partial charge in [0.05, 0.1) is 11.4 Å². The number of ether oxygens (including phenoxy) is 1. The molecule has 0 atom stereocenters. The Morgan fingerprint density at radius 3 is 2.73 bits per heavy atom. The van der Waals surface area contributed by atoms with Crippen molar-refractivity contribution in [2.45, 2.75) is 6.18 Å². The summed E-state index contributed by atoms with van der Waals surface area (Å²) in [6, 6.07) is 10.6. The van der Waals surface area contributed by atoms with Gasteiger partial charge >= 0.3 is 6.18 Å². The smallest absolute Gasteiger partial charge is 0.435 e. The summed E-state index contributed by atoms with van der Waals surface area (Å²) in [5.74, 6) is 0.369. The maximum absolute atomic E-state index is 13.2. The predicted octanol–water partition coefficient (Wildman–Crippen LogP) is 3.28. The largest absolute Gasteiger partial charge is 0.482 e. The zero-order valence-electron chi connectivity index (χ0n) is 13.1. The Bertz CT molecular complexity index is 983. The number of nitrogens with zero attached hydrogens (tertiary/aromatic N) is 3. The highest BCUT2D eigenvalue weighted by atomic mass is 19.4. The lowest BCUT2D eigenvalue weighted by atomic mass is 10.1. The fourth-order valence-electron chi connectivity index (χ4n) is 2.62. The van der Waals surface area contributed by atoms with Crippen LogP contribution in [-0.4, -0.2) is 27.3 Å². The van der Waals surface area contributed by atoms with E-state index in [2.05, 4.69) is 15.4 Å². The third kappa shape index (κ3) is 2.87. The monoisotopic (exact) mass is 360 g/mol. The molecule has 0 unspecified atom stereocenters. The second-order valence-electron chi connectivity index (χ2n) is 5.56. The number of carbonyl (C=O) groups is 1. The molecule has 0 radical (unpaired) electrons. The normalized spacial score (nSPS) is 13.7. The topological polar surface area (TPSA) is 69.0 Å². The summed E-state index contributed by atoms with van der Waals surface area (Å²) in [5, 5.41) is 6.30. The fourth-order valence-corrected chi connectivity index (χ4v) is 2.62. The fraction of sp³-hybridized carbons (Fsp3) is 0.118. The minimum Gasteiger partial charge on any atom is -0.482 e. The van der Waals surface area contributed by atoms with Crippen molar-refractivity contribution in [1.29, 1.82) is 0 Å². The van der Waals surface area contributed by atoms with Crippen LogP contribution in [0.3, 0.4) is 0 Å². The van der Waals surface area contributed by atoms with Crippen molar-refractivity contribution >= 4 is 11.6 Å². The maximum atomic E-state index is 13.2. The average molecular weight is 360 g/mol. The van der Waals surface area contributed by atoms with Crippen molar-refractivity contribution in [2.24, 2.45) is 0 Å². The Balaban J connectivity index is 1.87. The van der Waals surface area contributed by atoms with Gasteiger partial charge in [0.25, 0.3) is 5.91 Å². The highest BCUT2D eigenvalue weighted by Crippen LogP contribution is 2.36. The Labute approximate surface area is 145 Å². The zero-order chi connectivity index (χ0) is 18.3. The van der Waals surface area contributed by atoms with Gasteiger partial charge in [-0.2, -0.15) is 18.3 Å². The molecule has 1 aliphatic heterocycles. The van der Waals surface area contributed by atoms with E-state index in [4.69, 9.17) is 4.74 Å². The molecular formula is C17H11F3N4O2. The van der Waals surface area contributed by atoms with E-state index in [1.54, 1.807) is 36.4 Å². The van der Waals surface area contributed by atoms with E-state index in [9.17, 15) is 18.0 Å². The lowest BCUT2D eigenvalue weighted by Gasteiger charge is -2.18. The number of anilines is 1. The highest BCUT2D eigenvalue weighted by molar-refractivity contribution is 5.96. The zero-order valence-corrected chi connectivity index (χ0v) is 13.1. The molecule has 1 N–H and O–H groups in total. The molecule has 3 aromatic rings. The number of hydrogen-bond donors (Lipinski definition) is 1. The predicted molar refractivity (Wildman–Crippen MR) is 85.9 cm³/mol. The molecular weight excluding hydrogens is 349 g/mol. The van der Waals surface area contributed by atoms with Gasteiger partial charge in [-0.05, 0) is 36.4 Å². The van der Waals surface area contributed by atoms with Gasteiger partial charge < -0.3 is 10.1 Å². The Kier molecular flexibility index (Phi) is 3.64. The summed E-state index contributed by atoms with van der Waals surface area (Å²) in [4.78, 5) is 15.6. The molecule has 26 heavy (non-hydrogen) atoms. The first-order valence-corrected chi connectivity index (χ1v) is 7.57. The van der Waals surface area contributed by atoms with Gasteiger partial charge in [-0.1, -0.05) is 6.07 Å². The number of aromatic nitrogens is 3. The molecule has 1 aliphatic rings. The minimum atomic E-state index is -4.60. The number of carbonyl (C=O) groups excluding carboxylic acids is 1. The number of amides is 1. The summed E-state index contributed by atoms with van der Waals surface area (Å²) >= 11 is 0.